The Morgan fingerprint density at radius 2 is 1.79 bits per heavy atom. The van der Waals surface area contributed by atoms with Crippen molar-refractivity contribution >= 4 is 16.0 Å². The van der Waals surface area contributed by atoms with E-state index in [1.165, 1.54) is 7.05 Å². The number of hydrogen-bond donors (Lipinski definition) is 1. The first-order valence-electron chi connectivity index (χ1n) is 5.37. The molecule has 0 saturated carbocycles. The van der Waals surface area contributed by atoms with E-state index in [0.717, 1.165) is 4.31 Å². The summed E-state index contributed by atoms with van der Waals surface area (Å²) in [6.07, 6.45) is -0.0692. The van der Waals surface area contributed by atoms with Crippen LogP contribution in [0.3, 0.4) is 0 Å². The fourth-order valence-corrected chi connectivity index (χ4v) is 2.68. The molecule has 0 amide bonds. The first-order valence-corrected chi connectivity index (χ1v) is 6.81. The SMILES string of the molecule is CN(CCCC(=O)O)S(=O)(=O)c1cc(F)cc(F)c1. The van der Waals surface area contributed by atoms with Crippen molar-refractivity contribution < 1.29 is 27.1 Å². The van der Waals surface area contributed by atoms with Crippen molar-refractivity contribution in [3.05, 3.63) is 29.8 Å². The number of hydrogen-bond acceptors (Lipinski definition) is 3. The smallest absolute Gasteiger partial charge is 0.303 e. The Kier molecular flexibility index (Phi) is 4.96. The predicted octanol–water partition coefficient (Wildman–Crippen LogP) is 1.45. The molecule has 5 nitrogen and oxygen atoms in total. The number of benzene rings is 1. The minimum Gasteiger partial charge on any atom is -0.481 e. The van der Waals surface area contributed by atoms with E-state index in [0.29, 0.717) is 18.2 Å². The number of rotatable bonds is 6. The number of carboxylic acid groups (broad SMARTS) is 1. The molecule has 0 aliphatic heterocycles. The Morgan fingerprint density at radius 3 is 2.26 bits per heavy atom. The molecule has 106 valence electrons. The summed E-state index contributed by atoms with van der Waals surface area (Å²) in [5.74, 6) is -3.02. The number of halogens is 2. The largest absolute Gasteiger partial charge is 0.481 e. The molecule has 0 heterocycles. The molecule has 0 saturated heterocycles. The van der Waals surface area contributed by atoms with Gasteiger partial charge < -0.3 is 5.11 Å². The molecule has 0 radical (unpaired) electrons. The molecule has 0 unspecified atom stereocenters. The van der Waals surface area contributed by atoms with Crippen LogP contribution in [0, 0.1) is 11.6 Å². The van der Waals surface area contributed by atoms with Gasteiger partial charge in [-0.05, 0) is 18.6 Å². The Morgan fingerprint density at radius 1 is 1.26 bits per heavy atom. The molecule has 19 heavy (non-hydrogen) atoms. The third-order valence-electron chi connectivity index (χ3n) is 2.41. The highest BCUT2D eigenvalue weighted by molar-refractivity contribution is 7.89. The van der Waals surface area contributed by atoms with Crippen molar-refractivity contribution in [3.8, 4) is 0 Å². The third-order valence-corrected chi connectivity index (χ3v) is 4.24. The van der Waals surface area contributed by atoms with Gasteiger partial charge in [0.05, 0.1) is 4.90 Å². The molecule has 1 N–H and O–H groups in total. The molecule has 1 rings (SSSR count). The third kappa shape index (κ3) is 4.25. The lowest BCUT2D eigenvalue weighted by Gasteiger charge is -2.16. The second kappa shape index (κ2) is 6.07. The van der Waals surface area contributed by atoms with Crippen LogP contribution >= 0.6 is 0 Å². The summed E-state index contributed by atoms with van der Waals surface area (Å²) in [5, 5.41) is 8.45. The number of nitrogens with zero attached hydrogens (tertiary/aromatic N) is 1. The molecule has 1 aromatic carbocycles. The maximum absolute atomic E-state index is 13.0. The number of aliphatic carboxylic acids is 1. The Hall–Kier alpha value is -1.54. The Bertz CT molecular complexity index is 554. The zero-order valence-corrected chi connectivity index (χ0v) is 11.0. The average molecular weight is 293 g/mol. The van der Waals surface area contributed by atoms with E-state index in [1.807, 2.05) is 0 Å². The number of sulfonamides is 1. The Balaban J connectivity index is 2.87. The summed E-state index contributed by atoms with van der Waals surface area (Å²) in [4.78, 5) is 9.83. The van der Waals surface area contributed by atoms with E-state index in [4.69, 9.17) is 5.11 Å². The van der Waals surface area contributed by atoms with Gasteiger partial charge in [-0.25, -0.2) is 21.5 Å². The zero-order valence-electron chi connectivity index (χ0n) is 10.1. The fraction of sp³-hybridized carbons (Fsp3) is 0.364. The lowest BCUT2D eigenvalue weighted by Crippen LogP contribution is -2.28. The van der Waals surface area contributed by atoms with Crippen molar-refractivity contribution in [2.45, 2.75) is 17.7 Å². The molecule has 1 aromatic rings. The van der Waals surface area contributed by atoms with Gasteiger partial charge in [-0.15, -0.1) is 0 Å². The summed E-state index contributed by atoms with van der Waals surface area (Å²) in [6, 6.07) is 2.00. The van der Waals surface area contributed by atoms with Gasteiger partial charge in [0.1, 0.15) is 11.6 Å². The summed E-state index contributed by atoms with van der Waals surface area (Å²) >= 11 is 0. The summed E-state index contributed by atoms with van der Waals surface area (Å²) in [5.41, 5.74) is 0. The molecule has 0 aliphatic rings. The van der Waals surface area contributed by atoms with Crippen LogP contribution in [-0.4, -0.2) is 37.4 Å². The van der Waals surface area contributed by atoms with Crippen LogP contribution in [-0.2, 0) is 14.8 Å². The summed E-state index contributed by atoms with van der Waals surface area (Å²) in [6.45, 7) is -0.0488. The fourth-order valence-electron chi connectivity index (χ4n) is 1.43. The normalized spacial score (nSPS) is 11.8. The molecule has 0 atom stereocenters. The van der Waals surface area contributed by atoms with Crippen LogP contribution < -0.4 is 0 Å². The number of carboxylic acids is 1. The van der Waals surface area contributed by atoms with Crippen molar-refractivity contribution in [3.63, 3.8) is 0 Å². The van der Waals surface area contributed by atoms with Crippen LogP contribution in [0.4, 0.5) is 8.78 Å². The standard InChI is InChI=1S/C11H13F2NO4S/c1-14(4-2-3-11(15)16)19(17,18)10-6-8(12)5-9(13)7-10/h5-7H,2-4H2,1H3,(H,15,16). The van der Waals surface area contributed by atoms with Crippen LogP contribution in [0.25, 0.3) is 0 Å². The van der Waals surface area contributed by atoms with Gasteiger partial charge in [0.25, 0.3) is 0 Å². The molecule has 0 aliphatic carbocycles. The van der Waals surface area contributed by atoms with Crippen LogP contribution in [0.1, 0.15) is 12.8 Å². The van der Waals surface area contributed by atoms with Crippen LogP contribution in [0.5, 0.6) is 0 Å². The van der Waals surface area contributed by atoms with E-state index >= 15 is 0 Å². The monoisotopic (exact) mass is 293 g/mol. The van der Waals surface area contributed by atoms with Gasteiger partial charge in [-0.3, -0.25) is 4.79 Å². The Labute approximate surface area is 109 Å². The molecule has 0 fully saturated rings. The van der Waals surface area contributed by atoms with Gasteiger partial charge >= 0.3 is 5.97 Å². The van der Waals surface area contributed by atoms with Crippen molar-refractivity contribution in [1.82, 2.24) is 4.31 Å². The maximum atomic E-state index is 13.0. The number of carbonyl (C=O) groups is 1. The second-order valence-electron chi connectivity index (χ2n) is 3.93. The molecule has 0 spiro atoms. The topological polar surface area (TPSA) is 74.7 Å². The maximum Gasteiger partial charge on any atom is 0.303 e. The van der Waals surface area contributed by atoms with E-state index in [-0.39, 0.29) is 19.4 Å². The average Bonchev–Trinajstić information content (AvgIpc) is 2.26. The molecule has 0 bridgehead atoms. The molecule has 0 aromatic heterocycles. The lowest BCUT2D eigenvalue weighted by atomic mass is 10.3. The first-order chi connectivity index (χ1) is 8.73. The van der Waals surface area contributed by atoms with E-state index in [9.17, 15) is 22.0 Å². The van der Waals surface area contributed by atoms with Crippen molar-refractivity contribution in [2.75, 3.05) is 13.6 Å². The van der Waals surface area contributed by atoms with Gasteiger partial charge in [0.2, 0.25) is 10.0 Å². The van der Waals surface area contributed by atoms with Crippen molar-refractivity contribution in [2.24, 2.45) is 0 Å². The predicted molar refractivity (Wildman–Crippen MR) is 63.0 cm³/mol. The second-order valence-corrected chi connectivity index (χ2v) is 5.97. The highest BCUT2D eigenvalue weighted by Crippen LogP contribution is 2.17. The minimum atomic E-state index is -4.02. The van der Waals surface area contributed by atoms with Gasteiger partial charge in [-0.1, -0.05) is 0 Å². The van der Waals surface area contributed by atoms with E-state index < -0.39 is 32.5 Å². The van der Waals surface area contributed by atoms with Gasteiger partial charge in [0, 0.05) is 26.1 Å². The molecule has 8 heteroatoms. The van der Waals surface area contributed by atoms with Crippen LogP contribution in [0.15, 0.2) is 23.1 Å². The minimum absolute atomic E-state index is 0.0488. The van der Waals surface area contributed by atoms with Gasteiger partial charge in [0.15, 0.2) is 0 Å². The zero-order chi connectivity index (χ0) is 14.6. The first kappa shape index (κ1) is 15.5. The summed E-state index contributed by atoms with van der Waals surface area (Å²) < 4.78 is 50.7. The highest BCUT2D eigenvalue weighted by atomic mass is 32.2. The quantitative estimate of drug-likeness (QED) is 0.861. The summed E-state index contributed by atoms with van der Waals surface area (Å²) in [7, 11) is -2.80. The molecular formula is C11H13F2NO4S. The van der Waals surface area contributed by atoms with E-state index in [2.05, 4.69) is 0 Å². The van der Waals surface area contributed by atoms with Crippen molar-refractivity contribution in [1.29, 1.82) is 0 Å². The lowest BCUT2D eigenvalue weighted by molar-refractivity contribution is -0.137. The van der Waals surface area contributed by atoms with E-state index in [1.54, 1.807) is 0 Å². The van der Waals surface area contributed by atoms with Gasteiger partial charge in [-0.2, -0.15) is 0 Å². The molecular weight excluding hydrogens is 280 g/mol. The highest BCUT2D eigenvalue weighted by Gasteiger charge is 2.22. The van der Waals surface area contributed by atoms with Crippen LogP contribution in [0.2, 0.25) is 0 Å².